The molecule has 2 aliphatic rings. The largest absolute Gasteiger partial charge is 0.491 e. The molecule has 1 aliphatic heterocycles. The van der Waals surface area contributed by atoms with Gasteiger partial charge in [-0.05, 0) is 18.9 Å². The van der Waals surface area contributed by atoms with Gasteiger partial charge in [-0.3, -0.25) is 9.69 Å². The number of methoxy groups -OCH3 is 1. The molecule has 102 valence electrons. The first kappa shape index (κ1) is 12.5. The van der Waals surface area contributed by atoms with E-state index in [1.165, 1.54) is 10.6 Å². The summed E-state index contributed by atoms with van der Waals surface area (Å²) in [4.78, 5) is 15.5. The van der Waals surface area contributed by atoms with Gasteiger partial charge in [-0.25, -0.2) is 0 Å². The molecular weight excluding hydrogens is 240 g/mol. The van der Waals surface area contributed by atoms with E-state index in [1.54, 1.807) is 7.11 Å². The fraction of sp³-hybridized carbons (Fsp3) is 0.533. The number of carbonyl (C=O) groups is 1. The number of hydrogen-bond donors (Lipinski definition) is 1. The minimum Gasteiger partial charge on any atom is -0.491 e. The van der Waals surface area contributed by atoms with Crippen LogP contribution in [0.4, 0.5) is 5.69 Å². The molecule has 0 spiro atoms. The lowest BCUT2D eigenvalue weighted by molar-refractivity contribution is -0.837. The number of quaternary nitrogens is 1. The van der Waals surface area contributed by atoms with Crippen molar-refractivity contribution in [2.24, 2.45) is 5.92 Å². The van der Waals surface area contributed by atoms with Crippen LogP contribution in [0.25, 0.3) is 0 Å². The molecule has 1 aromatic carbocycles. The first-order chi connectivity index (χ1) is 9.29. The molecule has 1 saturated heterocycles. The fourth-order valence-electron chi connectivity index (χ4n) is 2.79. The van der Waals surface area contributed by atoms with Crippen molar-refractivity contribution < 1.29 is 14.4 Å². The Morgan fingerprint density at radius 1 is 1.26 bits per heavy atom. The molecular formula is C15H21N2O2+. The number of nitrogens with zero attached hydrogens (tertiary/aromatic N) is 1. The Morgan fingerprint density at radius 3 is 2.58 bits per heavy atom. The normalized spacial score (nSPS) is 20.4. The Morgan fingerprint density at radius 2 is 1.95 bits per heavy atom. The van der Waals surface area contributed by atoms with Gasteiger partial charge in [0.15, 0.2) is 11.4 Å². The quantitative estimate of drug-likeness (QED) is 0.858. The van der Waals surface area contributed by atoms with Crippen LogP contribution in [0.3, 0.4) is 0 Å². The lowest BCUT2D eigenvalue weighted by atomic mass is 10.2. The van der Waals surface area contributed by atoms with Crippen molar-refractivity contribution in [3.05, 3.63) is 24.3 Å². The van der Waals surface area contributed by atoms with Crippen LogP contribution in [0.15, 0.2) is 24.3 Å². The molecule has 2 fully saturated rings. The summed E-state index contributed by atoms with van der Waals surface area (Å²) in [5.74, 6) is 1.66. The average Bonchev–Trinajstić information content (AvgIpc) is 3.31. The molecule has 1 aliphatic carbocycles. The number of hydrogen-bond acceptors (Lipinski definition) is 2. The third-order valence-corrected chi connectivity index (χ3v) is 4.09. The molecule has 4 nitrogen and oxygen atoms in total. The standard InChI is InChI=1S/C15H20N2O2/c1-19-14-5-3-2-4-13(14)16-8-10-17(11-9-16)15(18)12-6-7-12/h2-5,12H,6-11H2,1H3/p+1. The second-order valence-corrected chi connectivity index (χ2v) is 5.40. The van der Waals surface area contributed by atoms with Crippen LogP contribution < -0.4 is 9.64 Å². The van der Waals surface area contributed by atoms with Crippen LogP contribution >= 0.6 is 0 Å². The third-order valence-electron chi connectivity index (χ3n) is 4.09. The maximum atomic E-state index is 12.0. The van der Waals surface area contributed by atoms with Crippen molar-refractivity contribution in [2.75, 3.05) is 33.3 Å². The van der Waals surface area contributed by atoms with Crippen LogP contribution in [-0.2, 0) is 4.79 Å². The molecule has 0 atom stereocenters. The van der Waals surface area contributed by atoms with Gasteiger partial charge in [-0.1, -0.05) is 12.1 Å². The van der Waals surface area contributed by atoms with Gasteiger partial charge in [-0.15, -0.1) is 0 Å². The summed E-state index contributed by atoms with van der Waals surface area (Å²) in [5.41, 5.74) is 1.21. The van der Waals surface area contributed by atoms with Gasteiger partial charge in [0, 0.05) is 12.0 Å². The zero-order chi connectivity index (χ0) is 13.2. The molecule has 1 saturated carbocycles. The van der Waals surface area contributed by atoms with Gasteiger partial charge in [-0.2, -0.15) is 0 Å². The number of nitrogens with one attached hydrogen (secondary N) is 1. The topological polar surface area (TPSA) is 34.0 Å². The van der Waals surface area contributed by atoms with Gasteiger partial charge >= 0.3 is 0 Å². The molecule has 1 N–H and O–H groups in total. The Balaban J connectivity index is 1.64. The summed E-state index contributed by atoms with van der Waals surface area (Å²) in [5, 5.41) is 0. The summed E-state index contributed by atoms with van der Waals surface area (Å²) in [6.45, 7) is 3.67. The zero-order valence-electron chi connectivity index (χ0n) is 11.4. The highest BCUT2D eigenvalue weighted by molar-refractivity contribution is 5.81. The monoisotopic (exact) mass is 261 g/mol. The smallest absolute Gasteiger partial charge is 0.226 e. The van der Waals surface area contributed by atoms with E-state index in [9.17, 15) is 4.79 Å². The second kappa shape index (κ2) is 5.21. The van der Waals surface area contributed by atoms with Gasteiger partial charge in [0.1, 0.15) is 0 Å². The van der Waals surface area contributed by atoms with Crippen LogP contribution in [0.1, 0.15) is 12.8 Å². The van der Waals surface area contributed by atoms with E-state index in [1.807, 2.05) is 23.1 Å². The fourth-order valence-corrected chi connectivity index (χ4v) is 2.79. The van der Waals surface area contributed by atoms with Crippen molar-refractivity contribution in [2.45, 2.75) is 12.8 Å². The maximum absolute atomic E-state index is 12.0. The van der Waals surface area contributed by atoms with Gasteiger partial charge < -0.3 is 9.64 Å². The van der Waals surface area contributed by atoms with E-state index in [0.717, 1.165) is 44.8 Å². The number of benzene rings is 1. The van der Waals surface area contributed by atoms with E-state index < -0.39 is 0 Å². The van der Waals surface area contributed by atoms with E-state index in [2.05, 4.69) is 6.07 Å². The highest BCUT2D eigenvalue weighted by Crippen LogP contribution is 2.31. The number of amides is 1. The lowest BCUT2D eigenvalue weighted by Gasteiger charge is -2.32. The number of ether oxygens (including phenoxy) is 1. The Kier molecular flexibility index (Phi) is 3.42. The van der Waals surface area contributed by atoms with Crippen LogP contribution in [0, 0.1) is 5.92 Å². The summed E-state index contributed by atoms with van der Waals surface area (Å²) >= 11 is 0. The zero-order valence-corrected chi connectivity index (χ0v) is 11.4. The highest BCUT2D eigenvalue weighted by atomic mass is 16.5. The minimum absolute atomic E-state index is 0.341. The van der Waals surface area contributed by atoms with Crippen LogP contribution in [-0.4, -0.2) is 44.1 Å². The predicted octanol–water partition coefficient (Wildman–Crippen LogP) is 0.464. The second-order valence-electron chi connectivity index (χ2n) is 5.40. The molecule has 0 aromatic heterocycles. The van der Waals surface area contributed by atoms with Crippen molar-refractivity contribution in [3.8, 4) is 5.75 Å². The molecule has 0 unspecified atom stereocenters. The number of para-hydroxylation sites is 2. The lowest BCUT2D eigenvalue weighted by Crippen LogP contribution is -3.10. The Labute approximate surface area is 113 Å². The molecule has 1 amide bonds. The van der Waals surface area contributed by atoms with Crippen molar-refractivity contribution in [1.82, 2.24) is 4.90 Å². The van der Waals surface area contributed by atoms with Gasteiger partial charge in [0.2, 0.25) is 5.91 Å². The highest BCUT2D eigenvalue weighted by Gasteiger charge is 2.36. The summed E-state index contributed by atoms with van der Waals surface area (Å²) in [6.07, 6.45) is 2.19. The van der Waals surface area contributed by atoms with Gasteiger partial charge in [0.25, 0.3) is 0 Å². The average molecular weight is 261 g/mol. The van der Waals surface area contributed by atoms with E-state index in [0.29, 0.717) is 11.8 Å². The third kappa shape index (κ3) is 2.59. The first-order valence-corrected chi connectivity index (χ1v) is 7.06. The molecule has 1 aromatic rings. The van der Waals surface area contributed by atoms with Gasteiger partial charge in [0.05, 0.1) is 33.3 Å². The molecule has 0 bridgehead atoms. The van der Waals surface area contributed by atoms with Crippen LogP contribution in [0.5, 0.6) is 5.75 Å². The summed E-state index contributed by atoms with van der Waals surface area (Å²) in [6, 6.07) is 8.16. The molecule has 4 heteroatoms. The summed E-state index contributed by atoms with van der Waals surface area (Å²) < 4.78 is 5.42. The number of piperazine rings is 1. The van der Waals surface area contributed by atoms with E-state index >= 15 is 0 Å². The molecule has 3 rings (SSSR count). The van der Waals surface area contributed by atoms with E-state index in [4.69, 9.17) is 4.74 Å². The SMILES string of the molecule is COc1ccccc1[NH+]1CCN(C(=O)C2CC2)CC1. The maximum Gasteiger partial charge on any atom is 0.226 e. The van der Waals surface area contributed by atoms with Crippen molar-refractivity contribution in [3.63, 3.8) is 0 Å². The number of rotatable bonds is 3. The molecule has 0 radical (unpaired) electrons. The Hall–Kier alpha value is -1.55. The van der Waals surface area contributed by atoms with Crippen molar-refractivity contribution >= 4 is 11.6 Å². The molecule has 1 heterocycles. The molecule has 19 heavy (non-hydrogen) atoms. The van der Waals surface area contributed by atoms with Crippen LogP contribution in [0.2, 0.25) is 0 Å². The van der Waals surface area contributed by atoms with E-state index in [-0.39, 0.29) is 0 Å². The Bertz CT molecular complexity index is 463. The summed E-state index contributed by atoms with van der Waals surface area (Å²) in [7, 11) is 1.71. The minimum atomic E-state index is 0.341. The predicted molar refractivity (Wildman–Crippen MR) is 72.7 cm³/mol. The van der Waals surface area contributed by atoms with Crippen molar-refractivity contribution in [1.29, 1.82) is 0 Å². The number of carbonyl (C=O) groups excluding carboxylic acids is 1. The first-order valence-electron chi connectivity index (χ1n) is 7.06.